The monoisotopic (exact) mass is 453 g/mol. The fourth-order valence-corrected chi connectivity index (χ4v) is 5.25. The molecule has 0 N–H and O–H groups in total. The van der Waals surface area contributed by atoms with Crippen molar-refractivity contribution in [2.45, 2.75) is 36.2 Å². The molecule has 0 unspecified atom stereocenters. The van der Waals surface area contributed by atoms with Crippen LogP contribution >= 0.6 is 0 Å². The molecule has 0 atom stereocenters. The number of anilines is 1. The summed E-state index contributed by atoms with van der Waals surface area (Å²) in [7, 11) is -3.77. The second kappa shape index (κ2) is 8.43. The van der Waals surface area contributed by atoms with E-state index in [1.807, 2.05) is 49.9 Å². The summed E-state index contributed by atoms with van der Waals surface area (Å²) in [6.07, 6.45) is 1.09. The Morgan fingerprint density at radius 2 is 1.56 bits per heavy atom. The molecule has 1 aliphatic rings. The standard InChI is InChI=1S/C24H27N3O4S/c1-24(2,3)31-23(28)27-15-13-26(14-16-27)22-19-11-7-8-12-20(19)25-17-21(22)32(29,30)18-9-5-4-6-10-18/h4-12,17H,13-16H2,1-3H3. The van der Waals surface area contributed by atoms with E-state index >= 15 is 0 Å². The van der Waals surface area contributed by atoms with Gasteiger partial charge in [0, 0.05) is 37.8 Å². The van der Waals surface area contributed by atoms with Crippen LogP contribution in [0.5, 0.6) is 0 Å². The van der Waals surface area contributed by atoms with Crippen LogP contribution in [-0.4, -0.2) is 56.2 Å². The van der Waals surface area contributed by atoms with Crippen molar-refractivity contribution < 1.29 is 17.9 Å². The van der Waals surface area contributed by atoms with Crippen LogP contribution < -0.4 is 4.90 Å². The first-order valence-corrected chi connectivity index (χ1v) is 12.1. The van der Waals surface area contributed by atoms with Gasteiger partial charge in [0.05, 0.1) is 16.1 Å². The number of sulfone groups is 1. The van der Waals surface area contributed by atoms with Gasteiger partial charge in [-0.25, -0.2) is 13.2 Å². The molecule has 0 bridgehead atoms. The van der Waals surface area contributed by atoms with Gasteiger partial charge in [-0.05, 0) is 39.0 Å². The van der Waals surface area contributed by atoms with Crippen LogP contribution in [0.25, 0.3) is 10.9 Å². The van der Waals surface area contributed by atoms with Crippen LogP contribution in [0, 0.1) is 0 Å². The van der Waals surface area contributed by atoms with E-state index in [4.69, 9.17) is 4.74 Å². The van der Waals surface area contributed by atoms with Crippen molar-refractivity contribution in [3.63, 3.8) is 0 Å². The summed E-state index contributed by atoms with van der Waals surface area (Å²) in [6.45, 7) is 7.38. The van der Waals surface area contributed by atoms with Crippen LogP contribution in [0.3, 0.4) is 0 Å². The van der Waals surface area contributed by atoms with E-state index in [2.05, 4.69) is 4.98 Å². The fraction of sp³-hybridized carbons (Fsp3) is 0.333. The average molecular weight is 454 g/mol. The summed E-state index contributed by atoms with van der Waals surface area (Å²) in [6, 6.07) is 15.9. The van der Waals surface area contributed by atoms with E-state index in [0.717, 1.165) is 10.9 Å². The highest BCUT2D eigenvalue weighted by atomic mass is 32.2. The number of hydrogen-bond acceptors (Lipinski definition) is 6. The maximum Gasteiger partial charge on any atom is 0.410 e. The quantitative estimate of drug-likeness (QED) is 0.593. The molecule has 1 saturated heterocycles. The van der Waals surface area contributed by atoms with E-state index in [0.29, 0.717) is 31.9 Å². The zero-order valence-electron chi connectivity index (χ0n) is 18.5. The number of amides is 1. The van der Waals surface area contributed by atoms with Gasteiger partial charge in [0.2, 0.25) is 9.84 Å². The number of piperazine rings is 1. The SMILES string of the molecule is CC(C)(C)OC(=O)N1CCN(c2c(S(=O)(=O)c3ccccc3)cnc3ccccc23)CC1. The molecule has 168 valence electrons. The normalized spacial score (nSPS) is 15.1. The Balaban J connectivity index is 1.71. The first-order chi connectivity index (χ1) is 15.2. The fourth-order valence-electron chi connectivity index (χ4n) is 3.80. The first-order valence-electron chi connectivity index (χ1n) is 10.6. The first kappa shape index (κ1) is 22.1. The van der Waals surface area contributed by atoms with Crippen molar-refractivity contribution in [3.05, 3.63) is 60.8 Å². The van der Waals surface area contributed by atoms with Crippen LogP contribution in [0.1, 0.15) is 20.8 Å². The molecular formula is C24H27N3O4S. The van der Waals surface area contributed by atoms with Gasteiger partial charge in [-0.15, -0.1) is 0 Å². The lowest BCUT2D eigenvalue weighted by molar-refractivity contribution is 0.0240. The molecule has 2 heterocycles. The lowest BCUT2D eigenvalue weighted by atomic mass is 10.1. The third-order valence-corrected chi connectivity index (χ3v) is 7.07. The topological polar surface area (TPSA) is 79.8 Å². The Bertz CT molecular complexity index is 1230. The van der Waals surface area contributed by atoms with E-state index in [1.54, 1.807) is 35.2 Å². The van der Waals surface area contributed by atoms with Gasteiger partial charge in [0.1, 0.15) is 10.5 Å². The number of aromatic nitrogens is 1. The Labute approximate surface area is 188 Å². The summed E-state index contributed by atoms with van der Waals surface area (Å²) in [5, 5.41) is 0.773. The third-order valence-electron chi connectivity index (χ3n) is 5.30. The minimum Gasteiger partial charge on any atom is -0.444 e. The molecule has 0 spiro atoms. The molecule has 2 aromatic carbocycles. The molecule has 0 radical (unpaired) electrons. The second-order valence-electron chi connectivity index (χ2n) is 8.76. The van der Waals surface area contributed by atoms with Gasteiger partial charge in [-0.2, -0.15) is 0 Å². The zero-order valence-corrected chi connectivity index (χ0v) is 19.3. The highest BCUT2D eigenvalue weighted by Crippen LogP contribution is 2.36. The van der Waals surface area contributed by atoms with Crippen LogP contribution in [0.2, 0.25) is 0 Å². The number of carbonyl (C=O) groups excluding carboxylic acids is 1. The predicted octanol–water partition coefficient (Wildman–Crippen LogP) is 4.12. The number of benzene rings is 2. The smallest absolute Gasteiger partial charge is 0.410 e. The number of nitrogens with zero attached hydrogens (tertiary/aromatic N) is 3. The molecule has 1 amide bonds. The number of fused-ring (bicyclic) bond motifs is 1. The van der Waals surface area contributed by atoms with Crippen molar-refractivity contribution in [1.82, 2.24) is 9.88 Å². The average Bonchev–Trinajstić information content (AvgIpc) is 2.78. The van der Waals surface area contributed by atoms with Crippen molar-refractivity contribution >= 4 is 32.5 Å². The summed E-state index contributed by atoms with van der Waals surface area (Å²) < 4.78 is 32.5. The highest BCUT2D eigenvalue weighted by molar-refractivity contribution is 7.91. The van der Waals surface area contributed by atoms with Crippen LogP contribution in [-0.2, 0) is 14.6 Å². The van der Waals surface area contributed by atoms with Crippen LogP contribution in [0.15, 0.2) is 70.6 Å². The molecule has 32 heavy (non-hydrogen) atoms. The number of hydrogen-bond donors (Lipinski definition) is 0. The Kier molecular flexibility index (Phi) is 5.81. The lowest BCUT2D eigenvalue weighted by Crippen LogP contribution is -2.50. The van der Waals surface area contributed by atoms with Crippen LogP contribution in [0.4, 0.5) is 10.5 Å². The number of rotatable bonds is 3. The van der Waals surface area contributed by atoms with Crippen molar-refractivity contribution in [2.75, 3.05) is 31.1 Å². The molecule has 1 aromatic heterocycles. The van der Waals surface area contributed by atoms with Gasteiger partial charge in [-0.3, -0.25) is 4.98 Å². The van der Waals surface area contributed by atoms with Crippen molar-refractivity contribution in [2.24, 2.45) is 0 Å². The Morgan fingerprint density at radius 3 is 2.22 bits per heavy atom. The molecule has 0 aliphatic carbocycles. The molecular weight excluding hydrogens is 426 g/mol. The van der Waals surface area contributed by atoms with Crippen molar-refractivity contribution in [3.8, 4) is 0 Å². The van der Waals surface area contributed by atoms with Gasteiger partial charge >= 0.3 is 6.09 Å². The molecule has 1 fully saturated rings. The minimum atomic E-state index is -3.77. The van der Waals surface area contributed by atoms with E-state index in [1.165, 1.54) is 6.20 Å². The van der Waals surface area contributed by atoms with Gasteiger partial charge in [-0.1, -0.05) is 36.4 Å². The van der Waals surface area contributed by atoms with Gasteiger partial charge in [0.15, 0.2) is 0 Å². The number of para-hydroxylation sites is 1. The zero-order chi connectivity index (χ0) is 22.9. The summed E-state index contributed by atoms with van der Waals surface area (Å²) in [4.78, 5) is 21.0. The van der Waals surface area contributed by atoms with E-state index in [9.17, 15) is 13.2 Å². The minimum absolute atomic E-state index is 0.174. The molecule has 7 nitrogen and oxygen atoms in total. The largest absolute Gasteiger partial charge is 0.444 e. The molecule has 3 aromatic rings. The highest BCUT2D eigenvalue weighted by Gasteiger charge is 2.31. The summed E-state index contributed by atoms with van der Waals surface area (Å²) in [5.41, 5.74) is 0.791. The second-order valence-corrected chi connectivity index (χ2v) is 10.7. The number of carbonyl (C=O) groups is 1. The third kappa shape index (κ3) is 4.41. The molecule has 1 aliphatic heterocycles. The van der Waals surface area contributed by atoms with Crippen molar-refractivity contribution in [1.29, 1.82) is 0 Å². The summed E-state index contributed by atoms with van der Waals surface area (Å²) >= 11 is 0. The molecule has 8 heteroatoms. The van der Waals surface area contributed by atoms with Gasteiger partial charge < -0.3 is 14.5 Å². The number of pyridine rings is 1. The lowest BCUT2D eigenvalue weighted by Gasteiger charge is -2.37. The Morgan fingerprint density at radius 1 is 0.938 bits per heavy atom. The summed E-state index contributed by atoms with van der Waals surface area (Å²) in [5.74, 6) is 0. The van der Waals surface area contributed by atoms with E-state index < -0.39 is 15.4 Å². The Hall–Kier alpha value is -3.13. The number of ether oxygens (including phenoxy) is 1. The van der Waals surface area contributed by atoms with Gasteiger partial charge in [0.25, 0.3) is 0 Å². The molecule has 0 saturated carbocycles. The molecule has 4 rings (SSSR count). The van der Waals surface area contributed by atoms with E-state index in [-0.39, 0.29) is 15.9 Å². The maximum atomic E-state index is 13.5. The maximum absolute atomic E-state index is 13.5. The predicted molar refractivity (Wildman–Crippen MR) is 124 cm³/mol.